The number of benzene rings is 6. The van der Waals surface area contributed by atoms with Gasteiger partial charge in [-0.25, -0.2) is 0 Å². The molecule has 0 unspecified atom stereocenters. The number of rotatable bonds is 4. The second-order valence-corrected chi connectivity index (χ2v) is 11.0. The molecule has 1 aromatic heterocycles. The molecule has 192 valence electrons. The summed E-state index contributed by atoms with van der Waals surface area (Å²) in [6.45, 7) is 6.46. The van der Waals surface area contributed by atoms with Crippen molar-refractivity contribution in [3.05, 3.63) is 150 Å². The Morgan fingerprint density at radius 1 is 0.350 bits per heavy atom. The van der Waals surface area contributed by atoms with Crippen molar-refractivity contribution in [1.29, 1.82) is 0 Å². The highest BCUT2D eigenvalue weighted by atomic mass is 15.0. The highest BCUT2D eigenvalue weighted by molar-refractivity contribution is 6.09. The summed E-state index contributed by atoms with van der Waals surface area (Å²) in [5.41, 5.74) is 14.9. The number of fused-ring (bicyclic) bond motifs is 3. The molecule has 0 aliphatic carbocycles. The van der Waals surface area contributed by atoms with Crippen molar-refractivity contribution in [2.75, 3.05) is 0 Å². The topological polar surface area (TPSA) is 4.93 Å². The van der Waals surface area contributed by atoms with Crippen molar-refractivity contribution in [3.8, 4) is 39.1 Å². The molecule has 7 rings (SSSR count). The molecule has 1 heteroatoms. The lowest BCUT2D eigenvalue weighted by Gasteiger charge is -2.11. The SMILES string of the molecule is Cc1ccc(-c2cccc(-c3cccc(-c4ccc(-n5c6ccc(C)cc6c6cc(C)ccc65)cc4)c3)c2)cc1. The van der Waals surface area contributed by atoms with Crippen molar-refractivity contribution in [2.24, 2.45) is 0 Å². The molecule has 0 radical (unpaired) electrons. The molecule has 0 spiro atoms. The van der Waals surface area contributed by atoms with E-state index in [1.54, 1.807) is 0 Å². The van der Waals surface area contributed by atoms with Gasteiger partial charge in [0.25, 0.3) is 0 Å². The van der Waals surface area contributed by atoms with Gasteiger partial charge in [-0.05, 0) is 103 Å². The molecule has 1 nitrogen and oxygen atoms in total. The molecule has 1 heterocycles. The van der Waals surface area contributed by atoms with E-state index in [-0.39, 0.29) is 0 Å². The van der Waals surface area contributed by atoms with Crippen LogP contribution in [0.3, 0.4) is 0 Å². The first-order chi connectivity index (χ1) is 19.5. The van der Waals surface area contributed by atoms with Crippen molar-refractivity contribution >= 4 is 21.8 Å². The van der Waals surface area contributed by atoms with Crippen LogP contribution in [0.1, 0.15) is 16.7 Å². The molecular weight excluding hydrogens is 482 g/mol. The Bertz CT molecular complexity index is 1950. The van der Waals surface area contributed by atoms with Crippen LogP contribution in [0.15, 0.2) is 133 Å². The molecule has 40 heavy (non-hydrogen) atoms. The summed E-state index contributed by atoms with van der Waals surface area (Å²) in [7, 11) is 0. The van der Waals surface area contributed by atoms with Crippen LogP contribution in [-0.4, -0.2) is 4.57 Å². The molecule has 0 aliphatic heterocycles. The Morgan fingerprint density at radius 2 is 0.750 bits per heavy atom. The molecule has 0 saturated heterocycles. The summed E-state index contributed by atoms with van der Waals surface area (Å²) in [5.74, 6) is 0. The number of hydrogen-bond acceptors (Lipinski definition) is 0. The van der Waals surface area contributed by atoms with E-state index in [0.29, 0.717) is 0 Å². The fourth-order valence-corrected chi connectivity index (χ4v) is 5.83. The van der Waals surface area contributed by atoms with Crippen LogP contribution in [0.2, 0.25) is 0 Å². The molecule has 0 saturated carbocycles. The largest absolute Gasteiger partial charge is 0.309 e. The summed E-state index contributed by atoms with van der Waals surface area (Å²) in [5, 5.41) is 2.62. The quantitative estimate of drug-likeness (QED) is 0.221. The van der Waals surface area contributed by atoms with Gasteiger partial charge in [-0.1, -0.05) is 102 Å². The molecule has 0 aliphatic rings. The third kappa shape index (κ3) is 4.30. The smallest absolute Gasteiger partial charge is 0.0541 e. The van der Waals surface area contributed by atoms with Crippen molar-refractivity contribution < 1.29 is 0 Å². The number of hydrogen-bond donors (Lipinski definition) is 0. The lowest BCUT2D eigenvalue weighted by Crippen LogP contribution is -1.94. The predicted molar refractivity (Wildman–Crippen MR) is 171 cm³/mol. The maximum atomic E-state index is 2.39. The standard InChI is InChI=1S/C39H31N/c1-26-10-14-29(15-11-26)31-6-4-8-33(24-31)34-9-5-7-32(25-34)30-16-18-35(19-17-30)40-38-20-12-27(2)22-36(38)37-23-28(3)13-21-39(37)40/h4-25H,1-3H3. The van der Waals surface area contributed by atoms with Crippen LogP contribution in [0.5, 0.6) is 0 Å². The van der Waals surface area contributed by atoms with Gasteiger partial charge in [-0.15, -0.1) is 0 Å². The van der Waals surface area contributed by atoms with Gasteiger partial charge in [0.2, 0.25) is 0 Å². The van der Waals surface area contributed by atoms with E-state index in [4.69, 9.17) is 0 Å². The summed E-state index contributed by atoms with van der Waals surface area (Å²) in [6, 6.07) is 49.0. The van der Waals surface area contributed by atoms with E-state index in [1.807, 2.05) is 0 Å². The zero-order chi connectivity index (χ0) is 27.2. The van der Waals surface area contributed by atoms with Crippen LogP contribution in [-0.2, 0) is 0 Å². The molecule has 0 N–H and O–H groups in total. The van der Waals surface area contributed by atoms with Gasteiger partial charge in [0.15, 0.2) is 0 Å². The zero-order valence-electron chi connectivity index (χ0n) is 23.1. The number of aromatic nitrogens is 1. The van der Waals surface area contributed by atoms with E-state index >= 15 is 0 Å². The molecule has 7 aromatic rings. The first-order valence-corrected chi connectivity index (χ1v) is 13.9. The van der Waals surface area contributed by atoms with E-state index in [2.05, 4.69) is 159 Å². The first-order valence-electron chi connectivity index (χ1n) is 13.9. The minimum absolute atomic E-state index is 1.18. The Labute approximate surface area is 236 Å². The maximum Gasteiger partial charge on any atom is 0.0541 e. The molecular formula is C39H31N. The predicted octanol–water partition coefficient (Wildman–Crippen LogP) is 10.7. The second-order valence-electron chi connectivity index (χ2n) is 11.0. The number of aryl methyl sites for hydroxylation is 3. The van der Waals surface area contributed by atoms with Crippen LogP contribution in [0, 0.1) is 20.8 Å². The van der Waals surface area contributed by atoms with Crippen molar-refractivity contribution in [2.45, 2.75) is 20.8 Å². The molecule has 6 aromatic carbocycles. The fourth-order valence-electron chi connectivity index (χ4n) is 5.83. The lowest BCUT2D eigenvalue weighted by molar-refractivity contribution is 1.18. The lowest BCUT2D eigenvalue weighted by atomic mass is 9.96. The third-order valence-corrected chi connectivity index (χ3v) is 7.98. The molecule has 0 amide bonds. The van der Waals surface area contributed by atoms with Crippen LogP contribution >= 0.6 is 0 Å². The fraction of sp³-hybridized carbons (Fsp3) is 0.0769. The van der Waals surface area contributed by atoms with Gasteiger partial charge in [0.1, 0.15) is 0 Å². The van der Waals surface area contributed by atoms with Crippen molar-refractivity contribution in [1.82, 2.24) is 4.57 Å². The normalized spacial score (nSPS) is 11.4. The van der Waals surface area contributed by atoms with E-state index in [9.17, 15) is 0 Å². The second kappa shape index (κ2) is 9.70. The van der Waals surface area contributed by atoms with E-state index < -0.39 is 0 Å². The van der Waals surface area contributed by atoms with Gasteiger partial charge in [-0.3, -0.25) is 0 Å². The van der Waals surface area contributed by atoms with E-state index in [1.165, 1.54) is 77.6 Å². The minimum Gasteiger partial charge on any atom is -0.309 e. The Morgan fingerprint density at radius 3 is 1.23 bits per heavy atom. The summed E-state index contributed by atoms with van der Waals surface area (Å²) in [6.07, 6.45) is 0. The van der Waals surface area contributed by atoms with Crippen LogP contribution in [0.25, 0.3) is 60.9 Å². The van der Waals surface area contributed by atoms with Crippen LogP contribution < -0.4 is 0 Å². The minimum atomic E-state index is 1.18. The third-order valence-electron chi connectivity index (χ3n) is 7.98. The zero-order valence-corrected chi connectivity index (χ0v) is 23.1. The van der Waals surface area contributed by atoms with Crippen LogP contribution in [0.4, 0.5) is 0 Å². The highest BCUT2D eigenvalue weighted by Crippen LogP contribution is 2.35. The van der Waals surface area contributed by atoms with Gasteiger partial charge < -0.3 is 4.57 Å². The Hall–Kier alpha value is -4.88. The summed E-state index contributed by atoms with van der Waals surface area (Å²) < 4.78 is 2.39. The molecule has 0 fully saturated rings. The van der Waals surface area contributed by atoms with Gasteiger partial charge in [0.05, 0.1) is 11.0 Å². The monoisotopic (exact) mass is 513 g/mol. The maximum absolute atomic E-state index is 2.39. The van der Waals surface area contributed by atoms with Gasteiger partial charge in [-0.2, -0.15) is 0 Å². The average Bonchev–Trinajstić information content (AvgIpc) is 3.30. The van der Waals surface area contributed by atoms with E-state index in [0.717, 1.165) is 0 Å². The summed E-state index contributed by atoms with van der Waals surface area (Å²) in [4.78, 5) is 0. The Kier molecular flexibility index (Phi) is 5.86. The average molecular weight is 514 g/mol. The van der Waals surface area contributed by atoms with Gasteiger partial charge in [0, 0.05) is 16.5 Å². The number of nitrogens with zero attached hydrogens (tertiary/aromatic N) is 1. The highest BCUT2D eigenvalue weighted by Gasteiger charge is 2.13. The molecule has 0 atom stereocenters. The van der Waals surface area contributed by atoms with Crippen molar-refractivity contribution in [3.63, 3.8) is 0 Å². The Balaban J connectivity index is 1.26. The molecule has 0 bridgehead atoms. The van der Waals surface area contributed by atoms with Gasteiger partial charge >= 0.3 is 0 Å². The first kappa shape index (κ1) is 24.2. The summed E-state index contributed by atoms with van der Waals surface area (Å²) >= 11 is 0.